The molecule has 134 valence electrons. The molecule has 0 spiro atoms. The van der Waals surface area contributed by atoms with Crippen molar-refractivity contribution < 1.29 is 22.7 Å². The normalized spacial score (nSPS) is 11.0. The first-order valence-electron chi connectivity index (χ1n) is 7.61. The van der Waals surface area contributed by atoms with E-state index in [1.54, 1.807) is 43.5 Å². The van der Waals surface area contributed by atoms with Crippen molar-refractivity contribution in [1.29, 1.82) is 0 Å². The highest BCUT2D eigenvalue weighted by Gasteiger charge is 2.15. The Balaban J connectivity index is 1.92. The van der Waals surface area contributed by atoms with Crippen LogP contribution in [0.2, 0.25) is 0 Å². The van der Waals surface area contributed by atoms with E-state index in [-0.39, 0.29) is 11.4 Å². The van der Waals surface area contributed by atoms with Crippen LogP contribution in [0.3, 0.4) is 0 Å². The van der Waals surface area contributed by atoms with Crippen molar-refractivity contribution in [3.8, 4) is 11.5 Å². The smallest absolute Gasteiger partial charge is 0.241 e. The van der Waals surface area contributed by atoms with Crippen molar-refractivity contribution in [1.82, 2.24) is 4.72 Å². The van der Waals surface area contributed by atoms with E-state index in [0.29, 0.717) is 23.8 Å². The molecular formula is C17H20N2O5S. The van der Waals surface area contributed by atoms with Gasteiger partial charge in [0.1, 0.15) is 11.5 Å². The number of benzene rings is 2. The van der Waals surface area contributed by atoms with Crippen LogP contribution in [-0.4, -0.2) is 34.6 Å². The second-order valence-electron chi connectivity index (χ2n) is 5.01. The third kappa shape index (κ3) is 5.47. The van der Waals surface area contributed by atoms with Crippen molar-refractivity contribution >= 4 is 21.6 Å². The van der Waals surface area contributed by atoms with Crippen LogP contribution in [0.5, 0.6) is 11.5 Å². The van der Waals surface area contributed by atoms with E-state index in [2.05, 4.69) is 10.0 Å². The summed E-state index contributed by atoms with van der Waals surface area (Å²) in [7, 11) is -2.23. The molecule has 0 aliphatic carbocycles. The molecule has 0 bridgehead atoms. The maximum absolute atomic E-state index is 12.2. The molecule has 0 aromatic heterocycles. The van der Waals surface area contributed by atoms with Gasteiger partial charge in [0.2, 0.25) is 15.9 Å². The van der Waals surface area contributed by atoms with Gasteiger partial charge in [-0.1, -0.05) is 0 Å². The topological polar surface area (TPSA) is 93.7 Å². The highest BCUT2D eigenvalue weighted by molar-refractivity contribution is 7.89. The summed E-state index contributed by atoms with van der Waals surface area (Å²) < 4.78 is 36.9. The molecule has 2 aromatic rings. The average molecular weight is 364 g/mol. The summed E-state index contributed by atoms with van der Waals surface area (Å²) in [4.78, 5) is 12.0. The molecule has 0 saturated carbocycles. The fourth-order valence-electron chi connectivity index (χ4n) is 2.01. The zero-order valence-corrected chi connectivity index (χ0v) is 14.8. The van der Waals surface area contributed by atoms with E-state index in [1.165, 1.54) is 12.1 Å². The summed E-state index contributed by atoms with van der Waals surface area (Å²) in [6.45, 7) is 1.96. The number of rotatable bonds is 8. The third-order valence-corrected chi connectivity index (χ3v) is 4.66. The number of carbonyl (C=O) groups excluding carboxylic acids is 1. The lowest BCUT2D eigenvalue weighted by atomic mass is 10.3. The standard InChI is InChI=1S/C17H20N2O5S/c1-3-24-15-8-10-16(11-9-15)25(21,22)18-12-17(20)19-13-4-6-14(23-2)7-5-13/h4-11,18H,3,12H2,1-2H3,(H,19,20). The summed E-state index contributed by atoms with van der Waals surface area (Å²) >= 11 is 0. The van der Waals surface area contributed by atoms with Gasteiger partial charge in [0.05, 0.1) is 25.2 Å². The minimum atomic E-state index is -3.78. The Hall–Kier alpha value is -2.58. The summed E-state index contributed by atoms with van der Waals surface area (Å²) in [5.41, 5.74) is 0.547. The van der Waals surface area contributed by atoms with E-state index in [9.17, 15) is 13.2 Å². The van der Waals surface area contributed by atoms with Crippen molar-refractivity contribution in [2.75, 3.05) is 25.6 Å². The first-order valence-corrected chi connectivity index (χ1v) is 9.09. The number of amides is 1. The molecule has 7 nitrogen and oxygen atoms in total. The molecule has 8 heteroatoms. The van der Waals surface area contributed by atoms with Crippen LogP contribution in [0.4, 0.5) is 5.69 Å². The van der Waals surface area contributed by atoms with Crippen molar-refractivity contribution in [2.45, 2.75) is 11.8 Å². The number of nitrogens with one attached hydrogen (secondary N) is 2. The van der Waals surface area contributed by atoms with Gasteiger partial charge in [-0.15, -0.1) is 0 Å². The summed E-state index contributed by atoms with van der Waals surface area (Å²) in [6.07, 6.45) is 0. The maximum atomic E-state index is 12.2. The molecule has 0 aliphatic rings. The molecule has 2 rings (SSSR count). The lowest BCUT2D eigenvalue weighted by Crippen LogP contribution is -2.32. The van der Waals surface area contributed by atoms with E-state index in [0.717, 1.165) is 0 Å². The molecule has 0 unspecified atom stereocenters. The van der Waals surface area contributed by atoms with Crippen LogP contribution >= 0.6 is 0 Å². The Morgan fingerprint density at radius 1 is 1.00 bits per heavy atom. The fraction of sp³-hybridized carbons (Fsp3) is 0.235. The summed E-state index contributed by atoms with van der Waals surface area (Å²) in [5, 5.41) is 2.60. The van der Waals surface area contributed by atoms with Crippen LogP contribution in [0.1, 0.15) is 6.92 Å². The van der Waals surface area contributed by atoms with Gasteiger partial charge in [0, 0.05) is 5.69 Å². The number of hydrogen-bond donors (Lipinski definition) is 2. The van der Waals surface area contributed by atoms with E-state index in [1.807, 2.05) is 6.92 Å². The van der Waals surface area contributed by atoms with E-state index in [4.69, 9.17) is 9.47 Å². The van der Waals surface area contributed by atoms with Crippen LogP contribution in [0.15, 0.2) is 53.4 Å². The first kappa shape index (κ1) is 18.8. The van der Waals surface area contributed by atoms with E-state index >= 15 is 0 Å². The van der Waals surface area contributed by atoms with Crippen LogP contribution in [0, 0.1) is 0 Å². The fourth-order valence-corrected chi connectivity index (χ4v) is 2.99. The third-order valence-electron chi connectivity index (χ3n) is 3.24. The SMILES string of the molecule is CCOc1ccc(S(=O)(=O)NCC(=O)Nc2ccc(OC)cc2)cc1. The number of ether oxygens (including phenoxy) is 2. The summed E-state index contributed by atoms with van der Waals surface area (Å²) in [6, 6.07) is 12.7. The zero-order chi connectivity index (χ0) is 18.3. The molecule has 0 fully saturated rings. The molecule has 2 aromatic carbocycles. The van der Waals surface area contributed by atoms with Gasteiger partial charge in [0.25, 0.3) is 0 Å². The van der Waals surface area contributed by atoms with Gasteiger partial charge in [-0.3, -0.25) is 4.79 Å². The van der Waals surface area contributed by atoms with Gasteiger partial charge in [-0.05, 0) is 55.5 Å². The Morgan fingerprint density at radius 3 is 2.16 bits per heavy atom. The van der Waals surface area contributed by atoms with Crippen LogP contribution in [-0.2, 0) is 14.8 Å². The second kappa shape index (κ2) is 8.50. The van der Waals surface area contributed by atoms with Crippen molar-refractivity contribution in [3.63, 3.8) is 0 Å². The first-order chi connectivity index (χ1) is 11.9. The predicted octanol–water partition coefficient (Wildman–Crippen LogP) is 2.01. The monoisotopic (exact) mass is 364 g/mol. The predicted molar refractivity (Wildman–Crippen MR) is 94.4 cm³/mol. The molecule has 2 N–H and O–H groups in total. The molecule has 0 atom stereocenters. The number of anilines is 1. The minimum absolute atomic E-state index is 0.0631. The quantitative estimate of drug-likeness (QED) is 0.747. The zero-order valence-electron chi connectivity index (χ0n) is 14.0. The molecule has 0 aliphatic heterocycles. The average Bonchev–Trinajstić information content (AvgIpc) is 2.61. The Labute approximate surface area is 147 Å². The Bertz CT molecular complexity index is 802. The highest BCUT2D eigenvalue weighted by atomic mass is 32.2. The van der Waals surface area contributed by atoms with Crippen LogP contribution < -0.4 is 19.5 Å². The van der Waals surface area contributed by atoms with Crippen LogP contribution in [0.25, 0.3) is 0 Å². The maximum Gasteiger partial charge on any atom is 0.241 e. The largest absolute Gasteiger partial charge is 0.497 e. The summed E-state index contributed by atoms with van der Waals surface area (Å²) in [5.74, 6) is 0.771. The lowest BCUT2D eigenvalue weighted by molar-refractivity contribution is -0.115. The molecular weight excluding hydrogens is 344 g/mol. The Kier molecular flexibility index (Phi) is 6.37. The molecule has 0 saturated heterocycles. The molecule has 0 heterocycles. The van der Waals surface area contributed by atoms with Crippen molar-refractivity contribution in [3.05, 3.63) is 48.5 Å². The van der Waals surface area contributed by atoms with E-state index < -0.39 is 15.9 Å². The molecule has 0 radical (unpaired) electrons. The van der Waals surface area contributed by atoms with Gasteiger partial charge in [0.15, 0.2) is 0 Å². The number of hydrogen-bond acceptors (Lipinski definition) is 5. The second-order valence-corrected chi connectivity index (χ2v) is 6.77. The van der Waals surface area contributed by atoms with Gasteiger partial charge in [-0.25, -0.2) is 13.1 Å². The number of sulfonamides is 1. The Morgan fingerprint density at radius 2 is 1.60 bits per heavy atom. The van der Waals surface area contributed by atoms with Crippen molar-refractivity contribution in [2.24, 2.45) is 0 Å². The molecule has 25 heavy (non-hydrogen) atoms. The number of methoxy groups -OCH3 is 1. The van der Waals surface area contributed by atoms with Gasteiger partial charge >= 0.3 is 0 Å². The van der Waals surface area contributed by atoms with Gasteiger partial charge < -0.3 is 14.8 Å². The lowest BCUT2D eigenvalue weighted by Gasteiger charge is -2.09. The molecule has 1 amide bonds. The number of carbonyl (C=O) groups is 1. The van der Waals surface area contributed by atoms with Gasteiger partial charge in [-0.2, -0.15) is 0 Å². The minimum Gasteiger partial charge on any atom is -0.497 e. The highest BCUT2D eigenvalue weighted by Crippen LogP contribution is 2.16.